The second-order valence-corrected chi connectivity index (χ2v) is 6.62. The van der Waals surface area contributed by atoms with Gasteiger partial charge in [-0.15, -0.1) is 0 Å². The van der Waals surface area contributed by atoms with Crippen LogP contribution in [0.5, 0.6) is 0 Å². The van der Waals surface area contributed by atoms with Crippen LogP contribution in [0.4, 0.5) is 4.79 Å². The van der Waals surface area contributed by atoms with E-state index in [1.54, 1.807) is 0 Å². The molecule has 2 rings (SSSR count). The third kappa shape index (κ3) is 3.61. The molecule has 2 amide bonds. The Morgan fingerprint density at radius 2 is 2.05 bits per heavy atom. The summed E-state index contributed by atoms with van der Waals surface area (Å²) in [6.45, 7) is 6.04. The number of nitrogens with one attached hydrogen (secondary N) is 2. The maximum atomic E-state index is 12.2. The summed E-state index contributed by atoms with van der Waals surface area (Å²) in [5.41, 5.74) is 2.91. The Morgan fingerprint density at radius 1 is 1.41 bits per heavy atom. The average molecular weight is 308 g/mol. The molecule has 1 fully saturated rings. The zero-order valence-electron chi connectivity index (χ0n) is 14.1. The van der Waals surface area contributed by atoms with Crippen LogP contribution in [0.2, 0.25) is 0 Å². The molecule has 0 saturated heterocycles. The smallest absolute Gasteiger partial charge is 0.315 e. The molecule has 1 atom stereocenters. The lowest BCUT2D eigenvalue weighted by Gasteiger charge is -2.29. The summed E-state index contributed by atoms with van der Waals surface area (Å²) < 4.78 is 1.87. The van der Waals surface area contributed by atoms with Gasteiger partial charge in [-0.3, -0.25) is 4.68 Å². The number of rotatable bonds is 5. The van der Waals surface area contributed by atoms with E-state index in [4.69, 9.17) is 0 Å². The zero-order chi connectivity index (χ0) is 16.3. The molecule has 6 heteroatoms. The van der Waals surface area contributed by atoms with Gasteiger partial charge in [-0.2, -0.15) is 5.10 Å². The summed E-state index contributed by atoms with van der Waals surface area (Å²) in [5, 5.41) is 19.9. The molecule has 0 radical (unpaired) electrons. The van der Waals surface area contributed by atoms with Gasteiger partial charge in [-0.05, 0) is 45.6 Å². The number of urea groups is 1. The fourth-order valence-corrected chi connectivity index (χ4v) is 3.35. The molecule has 1 aliphatic rings. The summed E-state index contributed by atoms with van der Waals surface area (Å²) in [6.07, 6.45) is 4.58. The van der Waals surface area contributed by atoms with E-state index in [-0.39, 0.29) is 18.7 Å². The molecule has 0 spiro atoms. The van der Waals surface area contributed by atoms with Crippen molar-refractivity contribution in [3.63, 3.8) is 0 Å². The number of nitrogens with zero attached hydrogens (tertiary/aromatic N) is 2. The normalized spacial score (nSPS) is 18.2. The highest BCUT2D eigenvalue weighted by Crippen LogP contribution is 2.28. The molecule has 1 aliphatic carbocycles. The number of aromatic nitrogens is 2. The minimum Gasteiger partial charge on any atom is -0.394 e. The second kappa shape index (κ2) is 6.69. The van der Waals surface area contributed by atoms with Crippen molar-refractivity contribution in [3.8, 4) is 0 Å². The molecule has 3 N–H and O–H groups in total. The molecule has 0 aliphatic heterocycles. The molecule has 1 unspecified atom stereocenters. The minimum absolute atomic E-state index is 0.00955. The summed E-state index contributed by atoms with van der Waals surface area (Å²) in [5.74, 6) is 0. The van der Waals surface area contributed by atoms with Crippen LogP contribution < -0.4 is 10.6 Å². The highest BCUT2D eigenvalue weighted by atomic mass is 16.3. The van der Waals surface area contributed by atoms with Crippen LogP contribution in [0.15, 0.2) is 0 Å². The Hall–Kier alpha value is -1.56. The SMILES string of the molecule is Cc1nn(C)c(C)c1CC(C)NC(=O)NC1(CO)CCCC1. The van der Waals surface area contributed by atoms with Gasteiger partial charge in [-0.25, -0.2) is 4.79 Å². The first-order chi connectivity index (χ1) is 10.4. The Kier molecular flexibility index (Phi) is 5.11. The number of aryl methyl sites for hydroxylation is 2. The third-order valence-electron chi connectivity index (χ3n) is 4.79. The molecule has 6 nitrogen and oxygen atoms in total. The molecule has 0 aromatic carbocycles. The first-order valence-electron chi connectivity index (χ1n) is 8.05. The number of aliphatic hydroxyl groups excluding tert-OH is 1. The molecule has 1 heterocycles. The van der Waals surface area contributed by atoms with Crippen LogP contribution in [0, 0.1) is 13.8 Å². The van der Waals surface area contributed by atoms with Crippen LogP contribution in [0.25, 0.3) is 0 Å². The summed E-state index contributed by atoms with van der Waals surface area (Å²) >= 11 is 0. The van der Waals surface area contributed by atoms with Crippen molar-refractivity contribution in [1.82, 2.24) is 20.4 Å². The first kappa shape index (κ1) is 16.8. The summed E-state index contributed by atoms with van der Waals surface area (Å²) in [6, 6.07) is -0.179. The van der Waals surface area contributed by atoms with Crippen LogP contribution >= 0.6 is 0 Å². The monoisotopic (exact) mass is 308 g/mol. The van der Waals surface area contributed by atoms with Crippen molar-refractivity contribution < 1.29 is 9.90 Å². The number of amides is 2. The van der Waals surface area contributed by atoms with Gasteiger partial charge in [0.25, 0.3) is 0 Å². The van der Waals surface area contributed by atoms with Gasteiger partial charge in [0.2, 0.25) is 0 Å². The lowest BCUT2D eigenvalue weighted by Crippen LogP contribution is -2.54. The summed E-state index contributed by atoms with van der Waals surface area (Å²) in [4.78, 5) is 12.2. The van der Waals surface area contributed by atoms with Crippen molar-refractivity contribution >= 4 is 6.03 Å². The summed E-state index contributed by atoms with van der Waals surface area (Å²) in [7, 11) is 1.93. The van der Waals surface area contributed by atoms with Crippen LogP contribution in [0.3, 0.4) is 0 Å². The quantitative estimate of drug-likeness (QED) is 0.772. The Morgan fingerprint density at radius 3 is 2.55 bits per heavy atom. The standard InChI is InChI=1S/C16H28N4O2/c1-11(9-14-12(2)19-20(4)13(14)3)17-15(22)18-16(10-21)7-5-6-8-16/h11,21H,5-10H2,1-4H3,(H2,17,18,22). The van der Waals surface area contributed by atoms with E-state index in [0.717, 1.165) is 43.5 Å². The highest BCUT2D eigenvalue weighted by molar-refractivity contribution is 5.75. The molecular formula is C16H28N4O2. The molecular weight excluding hydrogens is 280 g/mol. The first-order valence-corrected chi connectivity index (χ1v) is 8.05. The fraction of sp³-hybridized carbons (Fsp3) is 0.750. The van der Waals surface area contributed by atoms with E-state index in [9.17, 15) is 9.90 Å². The Balaban J connectivity index is 1.91. The Bertz CT molecular complexity index is 532. The van der Waals surface area contributed by atoms with Gasteiger partial charge >= 0.3 is 6.03 Å². The third-order valence-corrected chi connectivity index (χ3v) is 4.79. The lowest BCUT2D eigenvalue weighted by molar-refractivity contribution is 0.162. The van der Waals surface area contributed by atoms with Crippen molar-refractivity contribution in [3.05, 3.63) is 17.0 Å². The van der Waals surface area contributed by atoms with Crippen molar-refractivity contribution in [1.29, 1.82) is 0 Å². The van der Waals surface area contributed by atoms with Gasteiger partial charge in [0.05, 0.1) is 17.8 Å². The molecule has 22 heavy (non-hydrogen) atoms. The number of aliphatic hydroxyl groups is 1. The van der Waals surface area contributed by atoms with Crippen molar-refractivity contribution in [2.24, 2.45) is 7.05 Å². The maximum absolute atomic E-state index is 12.2. The number of carbonyl (C=O) groups is 1. The predicted molar refractivity (Wildman–Crippen MR) is 85.8 cm³/mol. The molecule has 1 saturated carbocycles. The number of hydrogen-bond donors (Lipinski definition) is 3. The van der Waals surface area contributed by atoms with E-state index >= 15 is 0 Å². The van der Waals surface area contributed by atoms with E-state index < -0.39 is 5.54 Å². The maximum Gasteiger partial charge on any atom is 0.315 e. The van der Waals surface area contributed by atoms with Gasteiger partial charge in [0.1, 0.15) is 0 Å². The van der Waals surface area contributed by atoms with E-state index in [1.807, 2.05) is 32.5 Å². The van der Waals surface area contributed by atoms with Gasteiger partial charge in [-0.1, -0.05) is 12.8 Å². The van der Waals surface area contributed by atoms with Crippen LogP contribution in [-0.2, 0) is 13.5 Å². The Labute approximate surface area is 132 Å². The molecule has 1 aromatic rings. The predicted octanol–water partition coefficient (Wildman–Crippen LogP) is 1.57. The van der Waals surface area contributed by atoms with Gasteiger partial charge in [0.15, 0.2) is 0 Å². The molecule has 1 aromatic heterocycles. The van der Waals surface area contributed by atoms with Crippen molar-refractivity contribution in [2.45, 2.75) is 64.5 Å². The zero-order valence-corrected chi connectivity index (χ0v) is 14.1. The second-order valence-electron chi connectivity index (χ2n) is 6.62. The van der Waals surface area contributed by atoms with Crippen LogP contribution in [0.1, 0.15) is 49.6 Å². The molecule has 0 bridgehead atoms. The van der Waals surface area contributed by atoms with E-state index in [2.05, 4.69) is 15.7 Å². The van der Waals surface area contributed by atoms with Crippen LogP contribution in [-0.4, -0.2) is 39.1 Å². The molecule has 124 valence electrons. The topological polar surface area (TPSA) is 79.2 Å². The number of carbonyl (C=O) groups excluding carboxylic acids is 1. The van der Waals surface area contributed by atoms with Gasteiger partial charge in [0, 0.05) is 18.8 Å². The van der Waals surface area contributed by atoms with Gasteiger partial charge < -0.3 is 15.7 Å². The average Bonchev–Trinajstić information content (AvgIpc) is 3.00. The van der Waals surface area contributed by atoms with E-state index in [1.165, 1.54) is 5.56 Å². The minimum atomic E-state index is -0.427. The number of hydrogen-bond acceptors (Lipinski definition) is 3. The van der Waals surface area contributed by atoms with Crippen molar-refractivity contribution in [2.75, 3.05) is 6.61 Å². The van der Waals surface area contributed by atoms with E-state index in [0.29, 0.717) is 0 Å². The lowest BCUT2D eigenvalue weighted by atomic mass is 9.99. The largest absolute Gasteiger partial charge is 0.394 e. The fourth-order valence-electron chi connectivity index (χ4n) is 3.35. The highest BCUT2D eigenvalue weighted by Gasteiger charge is 2.34.